The average Bonchev–Trinajstić information content (AvgIpc) is 3.44. The SMILES string of the molecule is NC1CCC(NC(=O)[C@@H]2Sc3nccc4c3[C@@H]2NC(=O)N4c2ccc(Oc3ccccc3)cc2)C1. The number of nitrogens with two attached hydrogens (primary N) is 1. The average molecular weight is 488 g/mol. The van der Waals surface area contributed by atoms with Crippen LogP contribution in [0.3, 0.4) is 0 Å². The van der Waals surface area contributed by atoms with Crippen molar-refractivity contribution in [2.45, 2.75) is 47.7 Å². The summed E-state index contributed by atoms with van der Waals surface area (Å²) in [7, 11) is 0. The molecule has 1 saturated carbocycles. The molecule has 1 aromatic heterocycles. The van der Waals surface area contributed by atoms with Crippen LogP contribution in [0.25, 0.3) is 0 Å². The van der Waals surface area contributed by atoms with E-state index < -0.39 is 11.3 Å². The predicted molar refractivity (Wildman–Crippen MR) is 134 cm³/mol. The van der Waals surface area contributed by atoms with Crippen molar-refractivity contribution in [2.24, 2.45) is 5.73 Å². The van der Waals surface area contributed by atoms with Crippen LogP contribution in [0.15, 0.2) is 71.9 Å². The molecule has 2 unspecified atom stereocenters. The van der Waals surface area contributed by atoms with Crippen molar-refractivity contribution in [1.82, 2.24) is 15.6 Å². The van der Waals surface area contributed by atoms with E-state index in [0.29, 0.717) is 11.4 Å². The number of benzene rings is 2. The van der Waals surface area contributed by atoms with Crippen LogP contribution in [0.5, 0.6) is 11.5 Å². The Hall–Kier alpha value is -3.56. The molecule has 0 spiro atoms. The van der Waals surface area contributed by atoms with Gasteiger partial charge in [0, 0.05) is 23.8 Å². The second-order valence-electron chi connectivity index (χ2n) is 9.04. The van der Waals surface area contributed by atoms with Gasteiger partial charge in [0.1, 0.15) is 21.8 Å². The molecule has 1 fully saturated rings. The van der Waals surface area contributed by atoms with Crippen LogP contribution < -0.4 is 26.0 Å². The molecular formula is C26H25N5O3S. The number of nitrogens with zero attached hydrogens (tertiary/aromatic N) is 2. The van der Waals surface area contributed by atoms with Gasteiger partial charge in [-0.25, -0.2) is 9.78 Å². The summed E-state index contributed by atoms with van der Waals surface area (Å²) in [5.41, 5.74) is 8.33. The largest absolute Gasteiger partial charge is 0.457 e. The third-order valence-corrected chi connectivity index (χ3v) is 7.95. The molecule has 35 heavy (non-hydrogen) atoms. The summed E-state index contributed by atoms with van der Waals surface area (Å²) in [6, 6.07) is 18.2. The lowest BCUT2D eigenvalue weighted by Gasteiger charge is -2.34. The minimum absolute atomic E-state index is 0.0841. The number of pyridine rings is 1. The molecule has 178 valence electrons. The molecule has 6 rings (SSSR count). The Morgan fingerprint density at radius 3 is 2.60 bits per heavy atom. The molecule has 1 aliphatic carbocycles. The fraction of sp³-hybridized carbons (Fsp3) is 0.269. The molecule has 3 heterocycles. The summed E-state index contributed by atoms with van der Waals surface area (Å²) in [5, 5.41) is 6.48. The maximum atomic E-state index is 13.3. The number of carbonyl (C=O) groups is 2. The van der Waals surface area contributed by atoms with Gasteiger partial charge in [0.15, 0.2) is 0 Å². The molecule has 2 aromatic carbocycles. The Balaban J connectivity index is 1.24. The first kappa shape index (κ1) is 21.9. The fourth-order valence-electron chi connectivity index (χ4n) is 5.00. The molecule has 0 radical (unpaired) electrons. The van der Waals surface area contributed by atoms with E-state index in [1.54, 1.807) is 11.1 Å². The number of aromatic nitrogens is 1. The second-order valence-corrected chi connectivity index (χ2v) is 10.2. The fourth-order valence-corrected chi connectivity index (χ4v) is 6.24. The van der Waals surface area contributed by atoms with Gasteiger partial charge in [0.2, 0.25) is 5.91 Å². The van der Waals surface area contributed by atoms with Crippen LogP contribution in [-0.2, 0) is 4.79 Å². The first-order valence-electron chi connectivity index (χ1n) is 11.7. The summed E-state index contributed by atoms with van der Waals surface area (Å²) >= 11 is 1.40. The Kier molecular flexibility index (Phi) is 5.58. The van der Waals surface area contributed by atoms with Crippen LogP contribution in [-0.4, -0.2) is 34.3 Å². The van der Waals surface area contributed by atoms with E-state index in [2.05, 4.69) is 15.6 Å². The zero-order valence-corrected chi connectivity index (χ0v) is 19.7. The molecule has 3 amide bonds. The highest BCUT2D eigenvalue weighted by Gasteiger charge is 2.47. The maximum Gasteiger partial charge on any atom is 0.327 e. The van der Waals surface area contributed by atoms with Crippen LogP contribution in [0.1, 0.15) is 30.9 Å². The van der Waals surface area contributed by atoms with Gasteiger partial charge in [-0.1, -0.05) is 30.0 Å². The standard InChI is InChI=1S/C26H25N5O3S/c27-15-6-7-16(14-15)29-24(32)23-22-21-20(12-13-28-25(21)35-23)31(26(33)30-22)17-8-10-19(11-9-17)34-18-4-2-1-3-5-18/h1-5,8-13,15-16,22-23H,6-7,14,27H2,(H,29,32)(H,30,33)/t15?,16?,22-,23+/m0/s1. The van der Waals surface area contributed by atoms with Gasteiger partial charge in [-0.3, -0.25) is 9.69 Å². The van der Waals surface area contributed by atoms with Gasteiger partial charge in [-0.05, 0) is 61.7 Å². The van der Waals surface area contributed by atoms with Crippen LogP contribution in [0.2, 0.25) is 0 Å². The summed E-state index contributed by atoms with van der Waals surface area (Å²) in [6.45, 7) is 0. The number of hydrogen-bond acceptors (Lipinski definition) is 6. The zero-order chi connectivity index (χ0) is 23.9. The molecular weight excluding hydrogens is 462 g/mol. The number of hydrogen-bond donors (Lipinski definition) is 3. The van der Waals surface area contributed by atoms with Gasteiger partial charge in [0.05, 0.1) is 17.4 Å². The number of anilines is 2. The Labute approximate surface area is 207 Å². The highest BCUT2D eigenvalue weighted by Crippen LogP contribution is 2.50. The number of carbonyl (C=O) groups excluding carboxylic acids is 2. The molecule has 8 nitrogen and oxygen atoms in total. The van der Waals surface area contributed by atoms with E-state index in [1.807, 2.05) is 60.7 Å². The van der Waals surface area contributed by atoms with E-state index in [-0.39, 0.29) is 24.0 Å². The molecule has 0 bridgehead atoms. The van der Waals surface area contributed by atoms with Crippen molar-refractivity contribution >= 4 is 35.1 Å². The first-order chi connectivity index (χ1) is 17.1. The number of nitrogens with one attached hydrogen (secondary N) is 2. The third kappa shape index (κ3) is 4.11. The minimum Gasteiger partial charge on any atom is -0.457 e. The quantitative estimate of drug-likeness (QED) is 0.497. The maximum absolute atomic E-state index is 13.3. The van der Waals surface area contributed by atoms with E-state index in [4.69, 9.17) is 10.5 Å². The van der Waals surface area contributed by atoms with E-state index in [9.17, 15) is 9.59 Å². The lowest BCUT2D eigenvalue weighted by molar-refractivity contribution is -0.121. The zero-order valence-electron chi connectivity index (χ0n) is 18.9. The summed E-state index contributed by atoms with van der Waals surface area (Å²) in [4.78, 5) is 32.6. The van der Waals surface area contributed by atoms with E-state index in [0.717, 1.165) is 41.3 Å². The van der Waals surface area contributed by atoms with E-state index in [1.165, 1.54) is 11.8 Å². The van der Waals surface area contributed by atoms with Gasteiger partial charge in [0.25, 0.3) is 0 Å². The molecule has 3 aliphatic rings. The molecule has 2 aliphatic heterocycles. The van der Waals surface area contributed by atoms with Crippen molar-refractivity contribution in [1.29, 1.82) is 0 Å². The molecule has 3 aromatic rings. The third-order valence-electron chi connectivity index (χ3n) is 6.66. The van der Waals surface area contributed by atoms with Crippen molar-refractivity contribution in [3.8, 4) is 11.5 Å². The van der Waals surface area contributed by atoms with Gasteiger partial charge in [-0.2, -0.15) is 0 Å². The lowest BCUT2D eigenvalue weighted by Crippen LogP contribution is -2.50. The van der Waals surface area contributed by atoms with Crippen LogP contribution in [0.4, 0.5) is 16.2 Å². The lowest BCUT2D eigenvalue weighted by atomic mass is 9.99. The van der Waals surface area contributed by atoms with Crippen molar-refractivity contribution in [2.75, 3.05) is 4.90 Å². The Morgan fingerprint density at radius 2 is 1.86 bits per heavy atom. The molecule has 0 saturated heterocycles. The van der Waals surface area contributed by atoms with Crippen LogP contribution in [0, 0.1) is 0 Å². The van der Waals surface area contributed by atoms with Crippen molar-refractivity contribution < 1.29 is 14.3 Å². The topological polar surface area (TPSA) is 110 Å². The summed E-state index contributed by atoms with van der Waals surface area (Å²) in [5.74, 6) is 1.33. The monoisotopic (exact) mass is 487 g/mol. The number of amides is 3. The molecule has 4 N–H and O–H groups in total. The smallest absolute Gasteiger partial charge is 0.327 e. The molecule has 9 heteroatoms. The van der Waals surface area contributed by atoms with Gasteiger partial charge >= 0.3 is 6.03 Å². The summed E-state index contributed by atoms with van der Waals surface area (Å²) < 4.78 is 5.88. The van der Waals surface area contributed by atoms with E-state index >= 15 is 0 Å². The number of para-hydroxylation sites is 1. The first-order valence-corrected chi connectivity index (χ1v) is 12.6. The summed E-state index contributed by atoms with van der Waals surface area (Å²) in [6.07, 6.45) is 4.27. The van der Waals surface area contributed by atoms with Crippen molar-refractivity contribution in [3.63, 3.8) is 0 Å². The highest BCUT2D eigenvalue weighted by atomic mass is 32.2. The Morgan fingerprint density at radius 1 is 1.09 bits per heavy atom. The number of ether oxygens (including phenoxy) is 1. The van der Waals surface area contributed by atoms with Gasteiger partial charge < -0.3 is 21.1 Å². The minimum atomic E-state index is -0.469. The van der Waals surface area contributed by atoms with Crippen molar-refractivity contribution in [3.05, 3.63) is 72.4 Å². The predicted octanol–water partition coefficient (Wildman–Crippen LogP) is 4.25. The van der Waals surface area contributed by atoms with Crippen LogP contribution >= 0.6 is 11.8 Å². The number of thioether (sulfide) groups is 1. The molecule has 4 atom stereocenters. The number of rotatable bonds is 5. The number of urea groups is 1. The highest BCUT2D eigenvalue weighted by molar-refractivity contribution is 8.01. The second kappa shape index (κ2) is 8.90. The Bertz CT molecular complexity index is 1270. The van der Waals surface area contributed by atoms with Gasteiger partial charge in [-0.15, -0.1) is 0 Å². The normalized spacial score (nSPS) is 24.6.